The van der Waals surface area contributed by atoms with E-state index in [1.165, 1.54) is 6.07 Å². The molecule has 0 aliphatic rings. The van der Waals surface area contributed by atoms with E-state index < -0.39 is 11.6 Å². The summed E-state index contributed by atoms with van der Waals surface area (Å²) in [6.07, 6.45) is 1.55. The fraction of sp³-hybridized carbons (Fsp3) is 0.154. The highest BCUT2D eigenvalue weighted by Crippen LogP contribution is 2.29. The van der Waals surface area contributed by atoms with E-state index in [1.54, 1.807) is 19.2 Å². The van der Waals surface area contributed by atoms with Crippen LogP contribution in [-0.2, 0) is 0 Å². The molecule has 1 aromatic carbocycles. The van der Waals surface area contributed by atoms with Gasteiger partial charge in [-0.25, -0.2) is 8.78 Å². The monoisotopic (exact) mass is 234 g/mol. The van der Waals surface area contributed by atoms with E-state index in [-0.39, 0.29) is 5.56 Å². The Balaban J connectivity index is 2.69. The van der Waals surface area contributed by atoms with Crippen LogP contribution in [0.4, 0.5) is 14.5 Å². The Bertz CT molecular complexity index is 580. The van der Waals surface area contributed by atoms with Crippen LogP contribution in [0.2, 0.25) is 0 Å². The third-order valence-electron chi connectivity index (χ3n) is 2.71. The van der Waals surface area contributed by atoms with Crippen molar-refractivity contribution in [3.05, 3.63) is 47.2 Å². The van der Waals surface area contributed by atoms with Crippen LogP contribution in [0.5, 0.6) is 0 Å². The van der Waals surface area contributed by atoms with Crippen LogP contribution < -0.4 is 5.73 Å². The van der Waals surface area contributed by atoms with E-state index in [9.17, 15) is 8.78 Å². The summed E-state index contributed by atoms with van der Waals surface area (Å²) in [5.74, 6) is -1.23. The molecule has 0 atom stereocenters. The molecule has 2 N–H and O–H groups in total. The number of nitrogen functional groups attached to an aromatic ring is 1. The van der Waals surface area contributed by atoms with Crippen LogP contribution in [0, 0.1) is 25.5 Å². The number of nitrogens with zero attached hydrogens (tertiary/aromatic N) is 1. The molecule has 2 aromatic rings. The van der Waals surface area contributed by atoms with Gasteiger partial charge >= 0.3 is 0 Å². The second-order valence-corrected chi connectivity index (χ2v) is 3.97. The number of aryl methyl sites for hydroxylation is 2. The zero-order chi connectivity index (χ0) is 12.6. The molecule has 0 unspecified atom stereocenters. The summed E-state index contributed by atoms with van der Waals surface area (Å²) < 4.78 is 26.9. The van der Waals surface area contributed by atoms with E-state index >= 15 is 0 Å². The van der Waals surface area contributed by atoms with Crippen LogP contribution >= 0.6 is 0 Å². The SMILES string of the molecule is Cc1cc(-c2nccc(C)c2N)c(F)cc1F. The van der Waals surface area contributed by atoms with Crippen molar-refractivity contribution in [2.75, 3.05) is 5.73 Å². The van der Waals surface area contributed by atoms with Crippen molar-refractivity contribution in [1.82, 2.24) is 4.98 Å². The minimum atomic E-state index is -0.655. The van der Waals surface area contributed by atoms with E-state index in [1.807, 2.05) is 6.92 Å². The van der Waals surface area contributed by atoms with Crippen molar-refractivity contribution >= 4 is 5.69 Å². The van der Waals surface area contributed by atoms with Gasteiger partial charge in [0.2, 0.25) is 0 Å². The minimum absolute atomic E-state index is 0.227. The highest BCUT2D eigenvalue weighted by Gasteiger charge is 2.13. The third kappa shape index (κ3) is 1.98. The van der Waals surface area contributed by atoms with Crippen molar-refractivity contribution in [2.24, 2.45) is 0 Å². The zero-order valence-electron chi connectivity index (χ0n) is 9.59. The van der Waals surface area contributed by atoms with Gasteiger partial charge in [-0.1, -0.05) is 0 Å². The summed E-state index contributed by atoms with van der Waals surface area (Å²) in [6.45, 7) is 3.39. The molecule has 4 heteroatoms. The number of anilines is 1. The fourth-order valence-corrected chi connectivity index (χ4v) is 1.62. The second kappa shape index (κ2) is 4.13. The van der Waals surface area contributed by atoms with Crippen LogP contribution in [0.3, 0.4) is 0 Å². The van der Waals surface area contributed by atoms with Gasteiger partial charge in [0.15, 0.2) is 0 Å². The van der Waals surface area contributed by atoms with Gasteiger partial charge in [-0.3, -0.25) is 4.98 Å². The van der Waals surface area contributed by atoms with Gasteiger partial charge in [-0.2, -0.15) is 0 Å². The lowest BCUT2D eigenvalue weighted by molar-refractivity contribution is 0.579. The van der Waals surface area contributed by atoms with Crippen LogP contribution in [-0.4, -0.2) is 4.98 Å². The summed E-state index contributed by atoms with van der Waals surface area (Å²) in [5, 5.41) is 0. The summed E-state index contributed by atoms with van der Waals surface area (Å²) in [4.78, 5) is 4.05. The van der Waals surface area contributed by atoms with Gasteiger partial charge in [0, 0.05) is 17.8 Å². The number of benzene rings is 1. The van der Waals surface area contributed by atoms with Crippen LogP contribution in [0.15, 0.2) is 24.4 Å². The van der Waals surface area contributed by atoms with E-state index in [2.05, 4.69) is 4.98 Å². The van der Waals surface area contributed by atoms with Gasteiger partial charge < -0.3 is 5.73 Å². The van der Waals surface area contributed by atoms with Gasteiger partial charge in [0.1, 0.15) is 11.6 Å². The molecule has 88 valence electrons. The van der Waals surface area contributed by atoms with Crippen LogP contribution in [0.1, 0.15) is 11.1 Å². The summed E-state index contributed by atoms with van der Waals surface area (Å²) in [6, 6.07) is 4.02. The molecule has 0 aliphatic carbocycles. The Labute approximate surface area is 98.1 Å². The average Bonchev–Trinajstić information content (AvgIpc) is 2.28. The molecular weight excluding hydrogens is 222 g/mol. The lowest BCUT2D eigenvalue weighted by Gasteiger charge is -2.09. The van der Waals surface area contributed by atoms with Crippen LogP contribution in [0.25, 0.3) is 11.3 Å². The minimum Gasteiger partial charge on any atom is -0.397 e. The first-order valence-corrected chi connectivity index (χ1v) is 5.18. The van der Waals surface area contributed by atoms with Gasteiger partial charge in [-0.15, -0.1) is 0 Å². The molecule has 0 fully saturated rings. The Kier molecular flexibility index (Phi) is 2.79. The molecule has 0 amide bonds. The Morgan fingerprint density at radius 3 is 2.47 bits per heavy atom. The molecular formula is C13H12F2N2. The molecule has 0 saturated heterocycles. The molecule has 1 heterocycles. The molecule has 1 aromatic heterocycles. The van der Waals surface area contributed by atoms with Crippen molar-refractivity contribution in [3.63, 3.8) is 0 Å². The lowest BCUT2D eigenvalue weighted by Crippen LogP contribution is -1.99. The molecule has 17 heavy (non-hydrogen) atoms. The normalized spacial score (nSPS) is 10.6. The first-order valence-electron chi connectivity index (χ1n) is 5.18. The molecule has 0 radical (unpaired) electrons. The average molecular weight is 234 g/mol. The largest absolute Gasteiger partial charge is 0.397 e. The summed E-state index contributed by atoms with van der Waals surface area (Å²) in [5.41, 5.74) is 8.02. The Morgan fingerprint density at radius 1 is 1.06 bits per heavy atom. The van der Waals surface area contributed by atoms with Gasteiger partial charge in [0.05, 0.1) is 11.4 Å². The van der Waals surface area contributed by atoms with E-state index in [0.29, 0.717) is 16.9 Å². The number of hydrogen-bond acceptors (Lipinski definition) is 2. The molecule has 0 saturated carbocycles. The molecule has 0 bridgehead atoms. The van der Waals surface area contributed by atoms with Crippen molar-refractivity contribution < 1.29 is 8.78 Å². The Hall–Kier alpha value is -1.97. The molecule has 2 rings (SSSR count). The van der Waals surface area contributed by atoms with E-state index in [0.717, 1.165) is 11.6 Å². The first kappa shape index (κ1) is 11.5. The maximum Gasteiger partial charge on any atom is 0.135 e. The van der Waals surface area contributed by atoms with Crippen molar-refractivity contribution in [1.29, 1.82) is 0 Å². The number of aromatic nitrogens is 1. The highest BCUT2D eigenvalue weighted by atomic mass is 19.1. The quantitative estimate of drug-likeness (QED) is 0.822. The van der Waals surface area contributed by atoms with E-state index in [4.69, 9.17) is 5.73 Å². The predicted octanol–water partition coefficient (Wildman–Crippen LogP) is 3.23. The van der Waals surface area contributed by atoms with Gasteiger partial charge in [0.25, 0.3) is 0 Å². The second-order valence-electron chi connectivity index (χ2n) is 3.97. The Morgan fingerprint density at radius 2 is 1.76 bits per heavy atom. The highest BCUT2D eigenvalue weighted by molar-refractivity contribution is 5.75. The standard InChI is InChI=1S/C13H12F2N2/c1-7-3-4-17-13(12(7)16)9-5-8(2)10(14)6-11(9)15/h3-6H,16H2,1-2H3. The molecule has 0 aliphatic heterocycles. The lowest BCUT2D eigenvalue weighted by atomic mass is 10.0. The van der Waals surface area contributed by atoms with Crippen molar-refractivity contribution in [2.45, 2.75) is 13.8 Å². The maximum absolute atomic E-state index is 13.7. The fourth-order valence-electron chi connectivity index (χ4n) is 1.62. The number of pyridine rings is 1. The number of halogens is 2. The summed E-state index contributed by atoms with van der Waals surface area (Å²) in [7, 11) is 0. The summed E-state index contributed by atoms with van der Waals surface area (Å²) >= 11 is 0. The molecule has 2 nitrogen and oxygen atoms in total. The maximum atomic E-state index is 13.7. The van der Waals surface area contributed by atoms with Gasteiger partial charge in [-0.05, 0) is 37.1 Å². The third-order valence-corrected chi connectivity index (χ3v) is 2.71. The smallest absolute Gasteiger partial charge is 0.135 e. The number of hydrogen-bond donors (Lipinski definition) is 1. The topological polar surface area (TPSA) is 38.9 Å². The zero-order valence-corrected chi connectivity index (χ0v) is 9.59. The first-order chi connectivity index (χ1) is 8.00. The predicted molar refractivity (Wildman–Crippen MR) is 63.5 cm³/mol. The number of nitrogens with two attached hydrogens (primary N) is 1. The molecule has 0 spiro atoms. The van der Waals surface area contributed by atoms with Crippen molar-refractivity contribution in [3.8, 4) is 11.3 Å². The number of rotatable bonds is 1.